The van der Waals surface area contributed by atoms with Gasteiger partial charge >= 0.3 is 0 Å². The minimum atomic E-state index is 0.319. The Kier molecular flexibility index (Phi) is 5.44. The number of carbonyl (C=O) groups is 1. The Morgan fingerprint density at radius 3 is 2.70 bits per heavy atom. The zero-order valence-electron chi connectivity index (χ0n) is 12.4. The van der Waals surface area contributed by atoms with Crippen LogP contribution in [0.15, 0.2) is 12.3 Å². The Labute approximate surface area is 121 Å². The average molecular weight is 278 g/mol. The van der Waals surface area contributed by atoms with Crippen LogP contribution in [-0.4, -0.2) is 33.7 Å². The number of rotatable bonds is 6. The second kappa shape index (κ2) is 7.31. The normalized spacial score (nSPS) is 16.6. The van der Waals surface area contributed by atoms with Crippen LogP contribution in [-0.2, 0) is 4.79 Å². The molecule has 1 aromatic heterocycles. The standard InChI is InChI=1S/C15H26N4O/c1-2-3-4-5-6-15(20)18-10-7-13(8-11-18)19-12-9-14(16)17-19/h9,12-13H,2-8,10-11H2,1H3,(H2,16,17). The lowest BCUT2D eigenvalue weighted by Crippen LogP contribution is -2.39. The van der Waals surface area contributed by atoms with Crippen molar-refractivity contribution in [2.75, 3.05) is 18.8 Å². The molecule has 1 aliphatic heterocycles. The third-order valence-electron chi connectivity index (χ3n) is 4.06. The predicted molar refractivity (Wildman–Crippen MR) is 80.2 cm³/mol. The van der Waals surface area contributed by atoms with E-state index in [0.29, 0.717) is 24.2 Å². The van der Waals surface area contributed by atoms with Gasteiger partial charge in [-0.05, 0) is 25.3 Å². The lowest BCUT2D eigenvalue weighted by Gasteiger charge is -2.32. The van der Waals surface area contributed by atoms with E-state index in [9.17, 15) is 4.79 Å². The molecule has 0 bridgehead atoms. The summed E-state index contributed by atoms with van der Waals surface area (Å²) in [4.78, 5) is 14.1. The molecule has 2 N–H and O–H groups in total. The van der Waals surface area contributed by atoms with Crippen molar-refractivity contribution in [1.82, 2.24) is 14.7 Å². The fourth-order valence-corrected chi connectivity index (χ4v) is 2.80. The van der Waals surface area contributed by atoms with Crippen LogP contribution in [0, 0.1) is 0 Å². The number of aromatic nitrogens is 2. The van der Waals surface area contributed by atoms with E-state index in [1.807, 2.05) is 21.8 Å². The molecule has 5 heteroatoms. The first-order valence-electron chi connectivity index (χ1n) is 7.79. The molecular weight excluding hydrogens is 252 g/mol. The number of unbranched alkanes of at least 4 members (excludes halogenated alkanes) is 3. The summed E-state index contributed by atoms with van der Waals surface area (Å²) in [5.41, 5.74) is 5.64. The summed E-state index contributed by atoms with van der Waals surface area (Å²) in [7, 11) is 0. The van der Waals surface area contributed by atoms with Gasteiger partial charge in [-0.15, -0.1) is 0 Å². The van der Waals surface area contributed by atoms with Crippen molar-refractivity contribution in [3.05, 3.63) is 12.3 Å². The summed E-state index contributed by atoms with van der Waals surface area (Å²) >= 11 is 0. The number of amides is 1. The molecule has 112 valence electrons. The molecule has 0 saturated carbocycles. The molecule has 2 rings (SSSR count). The third-order valence-corrected chi connectivity index (χ3v) is 4.06. The Bertz CT molecular complexity index is 421. The van der Waals surface area contributed by atoms with Crippen LogP contribution in [0.25, 0.3) is 0 Å². The van der Waals surface area contributed by atoms with Gasteiger partial charge in [-0.3, -0.25) is 9.48 Å². The van der Waals surface area contributed by atoms with Crippen molar-refractivity contribution >= 4 is 11.7 Å². The van der Waals surface area contributed by atoms with Gasteiger partial charge in [0.15, 0.2) is 0 Å². The Morgan fingerprint density at radius 2 is 2.10 bits per heavy atom. The van der Waals surface area contributed by atoms with Crippen LogP contribution in [0.3, 0.4) is 0 Å². The fraction of sp³-hybridized carbons (Fsp3) is 0.733. The van der Waals surface area contributed by atoms with E-state index in [-0.39, 0.29) is 0 Å². The van der Waals surface area contributed by atoms with Crippen LogP contribution in [0.1, 0.15) is 57.9 Å². The molecule has 0 spiro atoms. The summed E-state index contributed by atoms with van der Waals surface area (Å²) in [6, 6.07) is 2.21. The van der Waals surface area contributed by atoms with Gasteiger partial charge in [0.05, 0.1) is 6.04 Å². The Hall–Kier alpha value is -1.52. The quantitative estimate of drug-likeness (QED) is 0.813. The van der Waals surface area contributed by atoms with Gasteiger partial charge in [0.2, 0.25) is 5.91 Å². The SMILES string of the molecule is CCCCCCC(=O)N1CCC(n2ccc(N)n2)CC1. The number of nitrogens with two attached hydrogens (primary N) is 1. The smallest absolute Gasteiger partial charge is 0.222 e. The van der Waals surface area contributed by atoms with E-state index in [4.69, 9.17) is 5.73 Å². The predicted octanol–water partition coefficient (Wildman–Crippen LogP) is 2.60. The van der Waals surface area contributed by atoms with E-state index < -0.39 is 0 Å². The number of hydrogen-bond donors (Lipinski definition) is 1. The van der Waals surface area contributed by atoms with Gasteiger partial charge in [0.25, 0.3) is 0 Å². The maximum Gasteiger partial charge on any atom is 0.222 e. The van der Waals surface area contributed by atoms with Crippen LogP contribution in [0.2, 0.25) is 0 Å². The zero-order chi connectivity index (χ0) is 14.4. The first-order chi connectivity index (χ1) is 9.70. The van der Waals surface area contributed by atoms with E-state index in [0.717, 1.165) is 32.4 Å². The molecule has 2 heterocycles. The van der Waals surface area contributed by atoms with Crippen molar-refractivity contribution < 1.29 is 4.79 Å². The molecule has 0 unspecified atom stereocenters. The summed E-state index contributed by atoms with van der Waals surface area (Å²) < 4.78 is 1.94. The molecule has 0 aromatic carbocycles. The molecule has 1 aromatic rings. The molecule has 1 saturated heterocycles. The lowest BCUT2D eigenvalue weighted by molar-refractivity contribution is -0.132. The monoisotopic (exact) mass is 278 g/mol. The maximum atomic E-state index is 12.1. The highest BCUT2D eigenvalue weighted by molar-refractivity contribution is 5.76. The van der Waals surface area contributed by atoms with E-state index in [1.165, 1.54) is 19.3 Å². The second-order valence-corrected chi connectivity index (χ2v) is 5.64. The summed E-state index contributed by atoms with van der Waals surface area (Å²) in [5.74, 6) is 0.888. The molecule has 5 nitrogen and oxygen atoms in total. The maximum absolute atomic E-state index is 12.1. The highest BCUT2D eigenvalue weighted by Crippen LogP contribution is 2.23. The van der Waals surface area contributed by atoms with Crippen molar-refractivity contribution in [2.45, 2.75) is 57.9 Å². The molecule has 0 atom stereocenters. The number of nitrogen functional groups attached to an aromatic ring is 1. The highest BCUT2D eigenvalue weighted by Gasteiger charge is 2.23. The highest BCUT2D eigenvalue weighted by atomic mass is 16.2. The van der Waals surface area contributed by atoms with Gasteiger partial charge in [-0.25, -0.2) is 0 Å². The molecule has 1 fully saturated rings. The minimum absolute atomic E-state index is 0.319. The van der Waals surface area contributed by atoms with Gasteiger partial charge in [-0.2, -0.15) is 5.10 Å². The number of hydrogen-bond acceptors (Lipinski definition) is 3. The molecule has 1 amide bonds. The van der Waals surface area contributed by atoms with E-state index in [2.05, 4.69) is 12.0 Å². The van der Waals surface area contributed by atoms with E-state index in [1.54, 1.807) is 0 Å². The van der Waals surface area contributed by atoms with Crippen LogP contribution < -0.4 is 5.73 Å². The van der Waals surface area contributed by atoms with Gasteiger partial charge in [0, 0.05) is 25.7 Å². The summed E-state index contributed by atoms with van der Waals surface area (Å²) in [6.07, 6.45) is 9.24. The lowest BCUT2D eigenvalue weighted by atomic mass is 10.0. The Morgan fingerprint density at radius 1 is 1.35 bits per heavy atom. The number of nitrogens with zero attached hydrogens (tertiary/aromatic N) is 3. The summed E-state index contributed by atoms with van der Waals surface area (Å²) in [5, 5.41) is 4.27. The van der Waals surface area contributed by atoms with Crippen LogP contribution in [0.4, 0.5) is 5.82 Å². The van der Waals surface area contributed by atoms with Crippen molar-refractivity contribution in [3.63, 3.8) is 0 Å². The third kappa shape index (κ3) is 3.99. The largest absolute Gasteiger partial charge is 0.382 e. The fourth-order valence-electron chi connectivity index (χ4n) is 2.80. The minimum Gasteiger partial charge on any atom is -0.382 e. The number of anilines is 1. The molecule has 0 aliphatic carbocycles. The van der Waals surface area contributed by atoms with Gasteiger partial charge in [-0.1, -0.05) is 26.2 Å². The molecule has 0 radical (unpaired) electrons. The van der Waals surface area contributed by atoms with Crippen LogP contribution >= 0.6 is 0 Å². The van der Waals surface area contributed by atoms with Crippen molar-refractivity contribution in [1.29, 1.82) is 0 Å². The zero-order valence-corrected chi connectivity index (χ0v) is 12.4. The first-order valence-corrected chi connectivity index (χ1v) is 7.79. The van der Waals surface area contributed by atoms with Crippen LogP contribution in [0.5, 0.6) is 0 Å². The Balaban J connectivity index is 1.72. The molecule has 1 aliphatic rings. The number of likely N-dealkylation sites (tertiary alicyclic amines) is 1. The topological polar surface area (TPSA) is 64.2 Å². The van der Waals surface area contributed by atoms with Crippen molar-refractivity contribution in [2.24, 2.45) is 0 Å². The first kappa shape index (κ1) is 14.9. The summed E-state index contributed by atoms with van der Waals surface area (Å²) in [6.45, 7) is 3.88. The number of carbonyl (C=O) groups excluding carboxylic acids is 1. The second-order valence-electron chi connectivity index (χ2n) is 5.64. The molecule has 20 heavy (non-hydrogen) atoms. The van der Waals surface area contributed by atoms with Gasteiger partial charge in [0.1, 0.15) is 5.82 Å². The number of piperidine rings is 1. The molecular formula is C15H26N4O. The van der Waals surface area contributed by atoms with Crippen molar-refractivity contribution in [3.8, 4) is 0 Å². The van der Waals surface area contributed by atoms with Gasteiger partial charge < -0.3 is 10.6 Å². The van der Waals surface area contributed by atoms with E-state index >= 15 is 0 Å². The average Bonchev–Trinajstić information content (AvgIpc) is 2.90.